The average molecular weight is 392 g/mol. The lowest BCUT2D eigenvalue weighted by Gasteiger charge is -2.32. The fourth-order valence-corrected chi connectivity index (χ4v) is 4.07. The van der Waals surface area contributed by atoms with E-state index in [-0.39, 0.29) is 0 Å². The average Bonchev–Trinajstić information content (AvgIpc) is 2.95. The summed E-state index contributed by atoms with van der Waals surface area (Å²) in [6.45, 7) is 9.95. The molecule has 0 bridgehead atoms. The number of alkyl halides is 3. The van der Waals surface area contributed by atoms with Crippen molar-refractivity contribution in [3.8, 4) is 0 Å². The van der Waals surface area contributed by atoms with E-state index < -0.39 is 12.7 Å². The van der Waals surface area contributed by atoms with Crippen LogP contribution in [-0.2, 0) is 0 Å². The minimum atomic E-state index is -4.09. The molecule has 2 aliphatic rings. The zero-order chi connectivity index (χ0) is 20.0. The maximum Gasteiger partial charge on any atom is 0.401 e. The topological polar surface area (TPSA) is 42.9 Å². The van der Waals surface area contributed by atoms with Crippen molar-refractivity contribution in [2.75, 3.05) is 46.3 Å². The summed E-state index contributed by atoms with van der Waals surface area (Å²) < 4.78 is 37.4. The van der Waals surface area contributed by atoms with Crippen molar-refractivity contribution >= 4 is 5.96 Å². The number of nitrogens with one attached hydrogen (secondary N) is 2. The first-order chi connectivity index (χ1) is 12.7. The van der Waals surface area contributed by atoms with Crippen LogP contribution in [0.4, 0.5) is 13.2 Å². The number of guanidine groups is 1. The molecule has 27 heavy (non-hydrogen) atoms. The summed E-state index contributed by atoms with van der Waals surface area (Å²) in [6.07, 6.45) is -1.44. The summed E-state index contributed by atoms with van der Waals surface area (Å²) in [6, 6.07) is 0.946. The molecule has 2 aliphatic heterocycles. The van der Waals surface area contributed by atoms with Gasteiger partial charge in [-0.05, 0) is 58.0 Å². The highest BCUT2D eigenvalue weighted by atomic mass is 19.4. The smallest absolute Gasteiger partial charge is 0.356 e. The molecule has 2 saturated heterocycles. The van der Waals surface area contributed by atoms with E-state index in [0.29, 0.717) is 37.0 Å². The van der Waals surface area contributed by atoms with Crippen molar-refractivity contribution < 1.29 is 13.2 Å². The first kappa shape index (κ1) is 22.3. The van der Waals surface area contributed by atoms with E-state index in [4.69, 9.17) is 0 Å². The van der Waals surface area contributed by atoms with Crippen molar-refractivity contribution in [2.45, 2.75) is 58.3 Å². The Balaban J connectivity index is 1.66. The molecule has 2 N–H and O–H groups in total. The van der Waals surface area contributed by atoms with Crippen LogP contribution in [0.2, 0.25) is 0 Å². The predicted molar refractivity (Wildman–Crippen MR) is 104 cm³/mol. The number of hydrogen-bond acceptors (Lipinski definition) is 3. The van der Waals surface area contributed by atoms with Crippen LogP contribution in [0.3, 0.4) is 0 Å². The van der Waals surface area contributed by atoms with E-state index in [2.05, 4.69) is 41.3 Å². The van der Waals surface area contributed by atoms with E-state index in [0.717, 1.165) is 44.9 Å². The second kappa shape index (κ2) is 9.96. The van der Waals surface area contributed by atoms with Crippen LogP contribution < -0.4 is 10.6 Å². The normalized spacial score (nSPS) is 26.7. The Hall–Kier alpha value is -1.02. The minimum absolute atomic E-state index is 0.393. The summed E-state index contributed by atoms with van der Waals surface area (Å²) in [5, 5.41) is 6.92. The molecule has 8 heteroatoms. The van der Waals surface area contributed by atoms with Crippen molar-refractivity contribution in [3.63, 3.8) is 0 Å². The zero-order valence-electron chi connectivity index (χ0n) is 17.1. The van der Waals surface area contributed by atoms with Gasteiger partial charge in [0.1, 0.15) is 0 Å². The van der Waals surface area contributed by atoms with Crippen LogP contribution in [0, 0.1) is 11.8 Å². The number of nitrogens with zero attached hydrogens (tertiary/aromatic N) is 3. The molecule has 2 unspecified atom stereocenters. The van der Waals surface area contributed by atoms with Gasteiger partial charge in [-0.1, -0.05) is 6.92 Å². The highest BCUT2D eigenvalue weighted by molar-refractivity contribution is 5.80. The number of likely N-dealkylation sites (tertiary alicyclic amines) is 2. The van der Waals surface area contributed by atoms with Crippen molar-refractivity contribution in [2.24, 2.45) is 16.8 Å². The van der Waals surface area contributed by atoms with Crippen LogP contribution in [0.5, 0.6) is 0 Å². The number of aliphatic imine (C=N–C) groups is 1. The summed E-state index contributed by atoms with van der Waals surface area (Å²) in [5.74, 6) is 1.89. The third kappa shape index (κ3) is 7.49. The number of hydrogen-bond donors (Lipinski definition) is 2. The van der Waals surface area contributed by atoms with Crippen LogP contribution in [0.15, 0.2) is 4.99 Å². The molecule has 0 aromatic carbocycles. The zero-order valence-corrected chi connectivity index (χ0v) is 17.1. The molecular formula is C19H36F3N5. The van der Waals surface area contributed by atoms with E-state index in [1.165, 1.54) is 4.90 Å². The lowest BCUT2D eigenvalue weighted by atomic mass is 9.93. The monoisotopic (exact) mass is 391 g/mol. The highest BCUT2D eigenvalue weighted by Crippen LogP contribution is 2.24. The van der Waals surface area contributed by atoms with Gasteiger partial charge in [-0.2, -0.15) is 13.2 Å². The predicted octanol–water partition coefficient (Wildman–Crippen LogP) is 2.54. The van der Waals surface area contributed by atoms with Crippen LogP contribution in [0.1, 0.15) is 40.0 Å². The molecule has 0 spiro atoms. The molecule has 0 saturated carbocycles. The molecule has 2 atom stereocenters. The molecule has 0 aliphatic carbocycles. The lowest BCUT2D eigenvalue weighted by Crippen LogP contribution is -2.47. The van der Waals surface area contributed by atoms with Gasteiger partial charge in [0.05, 0.1) is 6.54 Å². The Labute approximate surface area is 161 Å². The van der Waals surface area contributed by atoms with Gasteiger partial charge in [-0.3, -0.25) is 14.8 Å². The molecule has 5 nitrogen and oxygen atoms in total. The summed E-state index contributed by atoms with van der Waals surface area (Å²) in [5.41, 5.74) is 0. The van der Waals surface area contributed by atoms with Crippen molar-refractivity contribution in [1.29, 1.82) is 0 Å². The molecule has 2 rings (SSSR count). The molecule has 0 amide bonds. The Bertz CT molecular complexity index is 472. The fourth-order valence-electron chi connectivity index (χ4n) is 4.07. The lowest BCUT2D eigenvalue weighted by molar-refractivity contribution is -0.148. The molecule has 0 aromatic rings. The van der Waals surface area contributed by atoms with E-state index in [1.807, 2.05) is 0 Å². The van der Waals surface area contributed by atoms with Gasteiger partial charge in [0.2, 0.25) is 0 Å². The van der Waals surface area contributed by atoms with Gasteiger partial charge < -0.3 is 10.6 Å². The van der Waals surface area contributed by atoms with Gasteiger partial charge in [-0.25, -0.2) is 0 Å². The standard InChI is InChI=1S/C19H36F3N5/c1-14(2)27-11-15(3)17(12-27)25-18(23-4)24-8-5-16-6-9-26(10-7-16)13-19(20,21)22/h14-17H,5-13H2,1-4H3,(H2,23,24,25). The highest BCUT2D eigenvalue weighted by Gasteiger charge is 2.33. The maximum absolute atomic E-state index is 12.5. The fraction of sp³-hybridized carbons (Fsp3) is 0.947. The summed E-state index contributed by atoms with van der Waals surface area (Å²) in [7, 11) is 1.78. The van der Waals surface area contributed by atoms with Gasteiger partial charge in [0.25, 0.3) is 0 Å². The third-order valence-corrected chi connectivity index (χ3v) is 5.87. The number of piperidine rings is 1. The van der Waals surface area contributed by atoms with Crippen LogP contribution in [0.25, 0.3) is 0 Å². The van der Waals surface area contributed by atoms with E-state index in [9.17, 15) is 13.2 Å². The molecule has 0 aromatic heterocycles. The molecule has 0 radical (unpaired) electrons. The second-order valence-corrected chi connectivity index (χ2v) is 8.40. The Kier molecular flexibility index (Phi) is 8.21. The summed E-state index contributed by atoms with van der Waals surface area (Å²) in [4.78, 5) is 8.33. The quantitative estimate of drug-likeness (QED) is 0.540. The van der Waals surface area contributed by atoms with Crippen LogP contribution >= 0.6 is 0 Å². The first-order valence-corrected chi connectivity index (χ1v) is 10.2. The van der Waals surface area contributed by atoms with Crippen LogP contribution in [-0.4, -0.2) is 80.3 Å². The Morgan fingerprint density at radius 2 is 1.85 bits per heavy atom. The van der Waals surface area contributed by atoms with E-state index >= 15 is 0 Å². The minimum Gasteiger partial charge on any atom is -0.356 e. The first-order valence-electron chi connectivity index (χ1n) is 10.2. The van der Waals surface area contributed by atoms with E-state index in [1.54, 1.807) is 7.05 Å². The van der Waals surface area contributed by atoms with Gasteiger partial charge in [-0.15, -0.1) is 0 Å². The summed E-state index contributed by atoms with van der Waals surface area (Å²) >= 11 is 0. The van der Waals surface area contributed by atoms with Gasteiger partial charge in [0, 0.05) is 38.8 Å². The Morgan fingerprint density at radius 3 is 2.37 bits per heavy atom. The second-order valence-electron chi connectivity index (χ2n) is 8.40. The number of rotatable bonds is 6. The Morgan fingerprint density at radius 1 is 1.19 bits per heavy atom. The molecule has 158 valence electrons. The molecule has 2 fully saturated rings. The van der Waals surface area contributed by atoms with Gasteiger partial charge in [0.15, 0.2) is 5.96 Å². The number of halogens is 3. The molecule has 2 heterocycles. The molecular weight excluding hydrogens is 355 g/mol. The third-order valence-electron chi connectivity index (χ3n) is 5.87. The van der Waals surface area contributed by atoms with Crippen molar-refractivity contribution in [3.05, 3.63) is 0 Å². The van der Waals surface area contributed by atoms with Gasteiger partial charge >= 0.3 is 6.18 Å². The SMILES string of the molecule is CN=C(NCCC1CCN(CC(F)(F)F)CC1)NC1CN(C(C)C)CC1C. The van der Waals surface area contributed by atoms with Crippen molar-refractivity contribution in [1.82, 2.24) is 20.4 Å². The maximum atomic E-state index is 12.5. The largest absolute Gasteiger partial charge is 0.401 e.